The summed E-state index contributed by atoms with van der Waals surface area (Å²) < 4.78 is 5.11. The van der Waals surface area contributed by atoms with Crippen LogP contribution in [0.15, 0.2) is 24.3 Å². The summed E-state index contributed by atoms with van der Waals surface area (Å²) in [5.41, 5.74) is 1.29. The fourth-order valence-electron chi connectivity index (χ4n) is 1.85. The fourth-order valence-corrected chi connectivity index (χ4v) is 1.85. The standard InChI is InChI=1S/C14H23NO2/c1-11(10-12(2)16)15-9-8-13-4-6-14(17-3)7-5-13/h4-7,11-12,15-16H,8-10H2,1-3H3. The van der Waals surface area contributed by atoms with E-state index in [9.17, 15) is 5.11 Å². The molecule has 2 N–H and O–H groups in total. The van der Waals surface area contributed by atoms with Crippen molar-refractivity contribution in [3.63, 3.8) is 0 Å². The van der Waals surface area contributed by atoms with Gasteiger partial charge in [-0.05, 0) is 50.9 Å². The van der Waals surface area contributed by atoms with Gasteiger partial charge in [0.25, 0.3) is 0 Å². The predicted octanol–water partition coefficient (Wildman–Crippen LogP) is 1.99. The van der Waals surface area contributed by atoms with Crippen molar-refractivity contribution < 1.29 is 9.84 Å². The SMILES string of the molecule is COc1ccc(CCNC(C)CC(C)O)cc1. The molecule has 0 bridgehead atoms. The normalized spacial score (nSPS) is 14.4. The van der Waals surface area contributed by atoms with Crippen LogP contribution in [0.3, 0.4) is 0 Å². The molecular weight excluding hydrogens is 214 g/mol. The van der Waals surface area contributed by atoms with Crippen LogP contribution in [0, 0.1) is 0 Å². The molecule has 0 radical (unpaired) electrons. The van der Waals surface area contributed by atoms with E-state index in [0.29, 0.717) is 6.04 Å². The fraction of sp³-hybridized carbons (Fsp3) is 0.571. The molecule has 3 heteroatoms. The van der Waals surface area contributed by atoms with Gasteiger partial charge >= 0.3 is 0 Å². The lowest BCUT2D eigenvalue weighted by atomic mass is 10.1. The number of methoxy groups -OCH3 is 1. The number of nitrogens with one attached hydrogen (secondary N) is 1. The quantitative estimate of drug-likeness (QED) is 0.762. The molecule has 0 aliphatic carbocycles. The summed E-state index contributed by atoms with van der Waals surface area (Å²) in [6.07, 6.45) is 1.55. The van der Waals surface area contributed by atoms with Crippen LogP contribution in [0.5, 0.6) is 5.75 Å². The van der Waals surface area contributed by atoms with Gasteiger partial charge in [0.05, 0.1) is 13.2 Å². The molecule has 0 spiro atoms. The summed E-state index contributed by atoms with van der Waals surface area (Å²) in [7, 11) is 1.67. The molecule has 0 heterocycles. The van der Waals surface area contributed by atoms with E-state index in [1.807, 2.05) is 19.1 Å². The second kappa shape index (κ2) is 7.30. The van der Waals surface area contributed by atoms with E-state index >= 15 is 0 Å². The van der Waals surface area contributed by atoms with Crippen molar-refractivity contribution in [1.29, 1.82) is 0 Å². The van der Waals surface area contributed by atoms with Crippen molar-refractivity contribution in [3.8, 4) is 5.75 Å². The van der Waals surface area contributed by atoms with Crippen molar-refractivity contribution >= 4 is 0 Å². The van der Waals surface area contributed by atoms with Crippen LogP contribution in [-0.4, -0.2) is 30.9 Å². The zero-order chi connectivity index (χ0) is 12.7. The first-order chi connectivity index (χ1) is 8.11. The van der Waals surface area contributed by atoms with Crippen molar-refractivity contribution in [3.05, 3.63) is 29.8 Å². The molecule has 2 atom stereocenters. The Labute approximate surface area is 104 Å². The first kappa shape index (κ1) is 14.0. The van der Waals surface area contributed by atoms with E-state index in [1.165, 1.54) is 5.56 Å². The number of aliphatic hydroxyl groups excluding tert-OH is 1. The highest BCUT2D eigenvalue weighted by atomic mass is 16.5. The zero-order valence-corrected chi connectivity index (χ0v) is 10.9. The average Bonchev–Trinajstić information content (AvgIpc) is 2.29. The molecule has 1 aromatic rings. The number of ether oxygens (including phenoxy) is 1. The van der Waals surface area contributed by atoms with Gasteiger partial charge < -0.3 is 15.2 Å². The third-order valence-electron chi connectivity index (χ3n) is 2.76. The zero-order valence-electron chi connectivity index (χ0n) is 10.9. The van der Waals surface area contributed by atoms with E-state index in [1.54, 1.807) is 7.11 Å². The first-order valence-electron chi connectivity index (χ1n) is 6.16. The molecular formula is C14H23NO2. The first-order valence-corrected chi connectivity index (χ1v) is 6.16. The van der Waals surface area contributed by atoms with Gasteiger partial charge in [-0.2, -0.15) is 0 Å². The van der Waals surface area contributed by atoms with Crippen molar-refractivity contribution in [1.82, 2.24) is 5.32 Å². The molecule has 96 valence electrons. The van der Waals surface area contributed by atoms with Crippen molar-refractivity contribution in [2.75, 3.05) is 13.7 Å². The van der Waals surface area contributed by atoms with Gasteiger partial charge in [0, 0.05) is 6.04 Å². The third-order valence-corrected chi connectivity index (χ3v) is 2.76. The summed E-state index contributed by atoms with van der Waals surface area (Å²) in [4.78, 5) is 0. The Morgan fingerprint density at radius 2 is 1.88 bits per heavy atom. The van der Waals surface area contributed by atoms with Gasteiger partial charge in [-0.25, -0.2) is 0 Å². The van der Waals surface area contributed by atoms with Crippen LogP contribution in [0.4, 0.5) is 0 Å². The lowest BCUT2D eigenvalue weighted by Gasteiger charge is -2.15. The van der Waals surface area contributed by atoms with Crippen LogP contribution in [0.2, 0.25) is 0 Å². The summed E-state index contributed by atoms with van der Waals surface area (Å²) in [5, 5.41) is 12.6. The lowest BCUT2D eigenvalue weighted by molar-refractivity contribution is 0.171. The highest BCUT2D eigenvalue weighted by Crippen LogP contribution is 2.11. The number of benzene rings is 1. The van der Waals surface area contributed by atoms with E-state index < -0.39 is 0 Å². The van der Waals surface area contributed by atoms with E-state index in [2.05, 4.69) is 24.4 Å². The van der Waals surface area contributed by atoms with Crippen LogP contribution in [0.1, 0.15) is 25.8 Å². The van der Waals surface area contributed by atoms with E-state index in [4.69, 9.17) is 4.74 Å². The molecule has 1 aromatic carbocycles. The molecule has 0 saturated heterocycles. The maximum atomic E-state index is 9.24. The van der Waals surface area contributed by atoms with Crippen LogP contribution in [-0.2, 0) is 6.42 Å². The summed E-state index contributed by atoms with van der Waals surface area (Å²) in [6.45, 7) is 4.85. The number of hydrogen-bond donors (Lipinski definition) is 2. The van der Waals surface area contributed by atoms with Crippen molar-refractivity contribution in [2.45, 2.75) is 38.8 Å². The number of rotatable bonds is 7. The summed E-state index contributed by atoms with van der Waals surface area (Å²) in [6, 6.07) is 8.48. The molecule has 0 aromatic heterocycles. The third kappa shape index (κ3) is 5.71. The molecule has 2 unspecified atom stereocenters. The van der Waals surface area contributed by atoms with Crippen LogP contribution >= 0.6 is 0 Å². The molecule has 3 nitrogen and oxygen atoms in total. The van der Waals surface area contributed by atoms with Crippen molar-refractivity contribution in [2.24, 2.45) is 0 Å². The van der Waals surface area contributed by atoms with E-state index in [-0.39, 0.29) is 6.10 Å². The molecule has 17 heavy (non-hydrogen) atoms. The molecule has 0 saturated carbocycles. The number of aliphatic hydroxyl groups is 1. The Morgan fingerprint density at radius 3 is 2.41 bits per heavy atom. The van der Waals surface area contributed by atoms with Gasteiger partial charge in [0.2, 0.25) is 0 Å². The second-order valence-electron chi connectivity index (χ2n) is 4.54. The highest BCUT2D eigenvalue weighted by Gasteiger charge is 2.04. The van der Waals surface area contributed by atoms with Gasteiger partial charge in [-0.3, -0.25) is 0 Å². The lowest BCUT2D eigenvalue weighted by Crippen LogP contribution is -2.30. The second-order valence-corrected chi connectivity index (χ2v) is 4.54. The molecule has 0 aliphatic rings. The number of hydrogen-bond acceptors (Lipinski definition) is 3. The Bertz CT molecular complexity index is 309. The summed E-state index contributed by atoms with van der Waals surface area (Å²) in [5.74, 6) is 0.893. The van der Waals surface area contributed by atoms with Crippen LogP contribution < -0.4 is 10.1 Å². The summed E-state index contributed by atoms with van der Waals surface area (Å²) >= 11 is 0. The Balaban J connectivity index is 2.25. The van der Waals surface area contributed by atoms with Gasteiger partial charge in [-0.1, -0.05) is 12.1 Å². The minimum Gasteiger partial charge on any atom is -0.497 e. The topological polar surface area (TPSA) is 41.5 Å². The Kier molecular flexibility index (Phi) is 6.01. The molecule has 0 amide bonds. The average molecular weight is 237 g/mol. The monoisotopic (exact) mass is 237 g/mol. The van der Waals surface area contributed by atoms with Gasteiger partial charge in [-0.15, -0.1) is 0 Å². The predicted molar refractivity (Wildman–Crippen MR) is 70.5 cm³/mol. The van der Waals surface area contributed by atoms with Crippen LogP contribution in [0.25, 0.3) is 0 Å². The van der Waals surface area contributed by atoms with Gasteiger partial charge in [0.15, 0.2) is 0 Å². The van der Waals surface area contributed by atoms with Gasteiger partial charge in [0.1, 0.15) is 5.75 Å². The maximum absolute atomic E-state index is 9.24. The Morgan fingerprint density at radius 1 is 1.24 bits per heavy atom. The molecule has 0 fully saturated rings. The molecule has 0 aliphatic heterocycles. The smallest absolute Gasteiger partial charge is 0.118 e. The minimum atomic E-state index is -0.238. The molecule has 1 rings (SSSR count). The largest absolute Gasteiger partial charge is 0.497 e. The van der Waals surface area contributed by atoms with E-state index in [0.717, 1.165) is 25.1 Å². The Hall–Kier alpha value is -1.06. The highest BCUT2D eigenvalue weighted by molar-refractivity contribution is 5.27. The minimum absolute atomic E-state index is 0.238. The maximum Gasteiger partial charge on any atom is 0.118 e.